The second kappa shape index (κ2) is 4.81. The minimum Gasteiger partial charge on any atom is -0.361 e. The van der Waals surface area contributed by atoms with Gasteiger partial charge < -0.3 is 9.55 Å². The van der Waals surface area contributed by atoms with Crippen LogP contribution in [0, 0.1) is 6.92 Å². The lowest BCUT2D eigenvalue weighted by atomic mass is 10.1. The molecule has 1 N–H and O–H groups in total. The van der Waals surface area contributed by atoms with E-state index in [1.807, 2.05) is 0 Å². The molecule has 2 heterocycles. The van der Waals surface area contributed by atoms with Gasteiger partial charge in [0.1, 0.15) is 0 Å². The quantitative estimate of drug-likeness (QED) is 0.560. The van der Waals surface area contributed by atoms with Crippen LogP contribution in [0.25, 0.3) is 21.8 Å². The van der Waals surface area contributed by atoms with Crippen LogP contribution in [0.15, 0.2) is 60.9 Å². The minimum absolute atomic E-state index is 1.01. The van der Waals surface area contributed by atoms with Gasteiger partial charge in [0.2, 0.25) is 0 Å². The van der Waals surface area contributed by atoms with Crippen LogP contribution in [0.1, 0.15) is 11.1 Å². The Morgan fingerprint density at radius 3 is 2.90 bits per heavy atom. The predicted octanol–water partition coefficient (Wildman–Crippen LogP) is 4.67. The summed E-state index contributed by atoms with van der Waals surface area (Å²) in [5.41, 5.74) is 5.25. The summed E-state index contributed by atoms with van der Waals surface area (Å²) in [6.07, 6.45) is 5.38. The molecule has 4 rings (SSSR count). The Labute approximate surface area is 124 Å². The fourth-order valence-electron chi connectivity index (χ4n) is 3.08. The molecular weight excluding hydrogens is 256 g/mol. The molecule has 0 saturated heterocycles. The van der Waals surface area contributed by atoms with Crippen molar-refractivity contribution in [2.45, 2.75) is 19.9 Å². The molecule has 2 aromatic heterocycles. The number of H-pyrrole nitrogens is 1. The molecule has 0 fully saturated rings. The minimum atomic E-state index is 1.01. The van der Waals surface area contributed by atoms with Crippen LogP contribution in [0.2, 0.25) is 0 Å². The van der Waals surface area contributed by atoms with Crippen LogP contribution in [0.4, 0.5) is 0 Å². The van der Waals surface area contributed by atoms with Gasteiger partial charge in [-0.2, -0.15) is 0 Å². The van der Waals surface area contributed by atoms with Crippen LogP contribution in [0.3, 0.4) is 0 Å². The third-order valence-corrected chi connectivity index (χ3v) is 4.23. The Kier molecular flexibility index (Phi) is 2.81. The van der Waals surface area contributed by atoms with Crippen molar-refractivity contribution in [3.63, 3.8) is 0 Å². The molecule has 0 aliphatic carbocycles. The largest absolute Gasteiger partial charge is 0.361 e. The first kappa shape index (κ1) is 12.3. The van der Waals surface area contributed by atoms with Crippen molar-refractivity contribution in [2.75, 3.05) is 0 Å². The summed E-state index contributed by atoms with van der Waals surface area (Å²) < 4.78 is 2.34. The molecule has 104 valence electrons. The van der Waals surface area contributed by atoms with Gasteiger partial charge in [0.05, 0.1) is 0 Å². The molecule has 0 bridgehead atoms. The third-order valence-electron chi connectivity index (χ3n) is 4.23. The van der Waals surface area contributed by atoms with Crippen molar-refractivity contribution in [3.8, 4) is 0 Å². The molecule has 0 spiro atoms. The SMILES string of the molecule is Cc1ccc2[nH]cc(CCn3ccc4ccccc43)c2c1. The zero-order valence-corrected chi connectivity index (χ0v) is 12.1. The maximum atomic E-state index is 3.37. The van der Waals surface area contributed by atoms with E-state index in [2.05, 4.69) is 77.4 Å². The average molecular weight is 274 g/mol. The normalized spacial score (nSPS) is 11.5. The van der Waals surface area contributed by atoms with Gasteiger partial charge in [0, 0.05) is 35.4 Å². The molecule has 0 saturated carbocycles. The second-order valence-corrected chi connectivity index (χ2v) is 5.68. The van der Waals surface area contributed by atoms with E-state index in [-0.39, 0.29) is 0 Å². The summed E-state index contributed by atoms with van der Waals surface area (Å²) in [4.78, 5) is 3.37. The maximum absolute atomic E-state index is 3.37. The number of hydrogen-bond acceptors (Lipinski definition) is 0. The number of nitrogens with one attached hydrogen (secondary N) is 1. The van der Waals surface area contributed by atoms with Crippen molar-refractivity contribution in [2.24, 2.45) is 0 Å². The van der Waals surface area contributed by atoms with Gasteiger partial charge in [-0.1, -0.05) is 29.8 Å². The monoisotopic (exact) mass is 274 g/mol. The average Bonchev–Trinajstić information content (AvgIpc) is 3.09. The molecule has 4 aromatic rings. The predicted molar refractivity (Wildman–Crippen MR) is 88.7 cm³/mol. The molecule has 2 aromatic carbocycles. The summed E-state index contributed by atoms with van der Waals surface area (Å²) in [5, 5.41) is 2.67. The first-order valence-electron chi connectivity index (χ1n) is 7.42. The van der Waals surface area contributed by atoms with E-state index in [4.69, 9.17) is 0 Å². The zero-order chi connectivity index (χ0) is 14.2. The topological polar surface area (TPSA) is 20.7 Å². The number of benzene rings is 2. The van der Waals surface area contributed by atoms with E-state index in [1.54, 1.807) is 0 Å². The number of aryl methyl sites for hydroxylation is 3. The van der Waals surface area contributed by atoms with Crippen molar-refractivity contribution < 1.29 is 0 Å². The van der Waals surface area contributed by atoms with Crippen molar-refractivity contribution in [1.82, 2.24) is 9.55 Å². The second-order valence-electron chi connectivity index (χ2n) is 5.68. The van der Waals surface area contributed by atoms with Gasteiger partial charge >= 0.3 is 0 Å². The van der Waals surface area contributed by atoms with Gasteiger partial charge in [-0.05, 0) is 48.6 Å². The Hall–Kier alpha value is -2.48. The molecule has 0 unspecified atom stereocenters. The van der Waals surface area contributed by atoms with Crippen molar-refractivity contribution >= 4 is 21.8 Å². The van der Waals surface area contributed by atoms with Crippen LogP contribution in [0.5, 0.6) is 0 Å². The summed E-state index contributed by atoms with van der Waals surface area (Å²) in [5.74, 6) is 0. The lowest BCUT2D eigenvalue weighted by molar-refractivity contribution is 0.726. The van der Waals surface area contributed by atoms with Gasteiger partial charge in [-0.3, -0.25) is 0 Å². The third kappa shape index (κ3) is 2.13. The summed E-state index contributed by atoms with van der Waals surface area (Å²) in [7, 11) is 0. The van der Waals surface area contributed by atoms with E-state index < -0.39 is 0 Å². The van der Waals surface area contributed by atoms with Gasteiger partial charge in [0.15, 0.2) is 0 Å². The van der Waals surface area contributed by atoms with Crippen LogP contribution >= 0.6 is 0 Å². The molecule has 2 heteroatoms. The molecular formula is C19H18N2. The smallest absolute Gasteiger partial charge is 0.0480 e. The first-order valence-corrected chi connectivity index (χ1v) is 7.42. The summed E-state index contributed by atoms with van der Waals surface area (Å²) in [6, 6.07) is 17.3. The highest BCUT2D eigenvalue weighted by molar-refractivity contribution is 5.84. The molecule has 0 atom stereocenters. The number of aromatic amines is 1. The fourth-order valence-corrected chi connectivity index (χ4v) is 3.08. The zero-order valence-electron chi connectivity index (χ0n) is 12.1. The summed E-state index contributed by atoms with van der Waals surface area (Å²) in [6.45, 7) is 3.16. The molecule has 0 radical (unpaired) electrons. The van der Waals surface area contributed by atoms with Gasteiger partial charge in [0.25, 0.3) is 0 Å². The van der Waals surface area contributed by atoms with Gasteiger partial charge in [-0.25, -0.2) is 0 Å². The van der Waals surface area contributed by atoms with Crippen molar-refractivity contribution in [1.29, 1.82) is 0 Å². The van der Waals surface area contributed by atoms with Crippen LogP contribution < -0.4 is 0 Å². The first-order chi connectivity index (χ1) is 10.3. The van der Waals surface area contributed by atoms with E-state index in [1.165, 1.54) is 32.9 Å². The molecule has 2 nitrogen and oxygen atoms in total. The Morgan fingerprint density at radius 1 is 1.05 bits per heavy atom. The molecule has 0 aliphatic rings. The highest BCUT2D eigenvalue weighted by atomic mass is 14.9. The van der Waals surface area contributed by atoms with Crippen molar-refractivity contribution in [3.05, 3.63) is 72.1 Å². The molecule has 0 amide bonds. The Balaban J connectivity index is 1.65. The number of para-hydroxylation sites is 1. The number of aromatic nitrogens is 2. The van der Waals surface area contributed by atoms with Crippen LogP contribution in [-0.2, 0) is 13.0 Å². The Bertz CT molecular complexity index is 912. The lowest BCUT2D eigenvalue weighted by Crippen LogP contribution is -1.99. The van der Waals surface area contributed by atoms with E-state index in [9.17, 15) is 0 Å². The van der Waals surface area contributed by atoms with E-state index >= 15 is 0 Å². The molecule has 21 heavy (non-hydrogen) atoms. The highest BCUT2D eigenvalue weighted by Gasteiger charge is 2.05. The number of fused-ring (bicyclic) bond motifs is 2. The maximum Gasteiger partial charge on any atom is 0.0480 e. The van der Waals surface area contributed by atoms with E-state index in [0.717, 1.165) is 13.0 Å². The number of rotatable bonds is 3. The summed E-state index contributed by atoms with van der Waals surface area (Å²) >= 11 is 0. The number of hydrogen-bond donors (Lipinski definition) is 1. The standard InChI is InChI=1S/C19H18N2/c1-14-6-7-18-17(12-14)16(13-20-18)9-11-21-10-8-15-4-2-3-5-19(15)21/h2-8,10,12-13,20H,9,11H2,1H3. The number of nitrogens with zero attached hydrogens (tertiary/aromatic N) is 1. The fraction of sp³-hybridized carbons (Fsp3) is 0.158. The van der Waals surface area contributed by atoms with Crippen LogP contribution in [-0.4, -0.2) is 9.55 Å². The lowest BCUT2D eigenvalue weighted by Gasteiger charge is -2.05. The van der Waals surface area contributed by atoms with E-state index in [0.29, 0.717) is 0 Å². The Morgan fingerprint density at radius 2 is 1.95 bits per heavy atom. The van der Waals surface area contributed by atoms with Gasteiger partial charge in [-0.15, -0.1) is 0 Å². The highest BCUT2D eigenvalue weighted by Crippen LogP contribution is 2.21. The molecule has 0 aliphatic heterocycles.